The molecule has 1 fully saturated rings. The molecule has 1 N–H and O–H groups in total. The highest BCUT2D eigenvalue weighted by molar-refractivity contribution is 5.95. The van der Waals surface area contributed by atoms with Crippen LogP contribution in [0.25, 0.3) is 0 Å². The third-order valence-electron chi connectivity index (χ3n) is 4.00. The Kier molecular flexibility index (Phi) is 3.09. The van der Waals surface area contributed by atoms with Crippen molar-refractivity contribution in [1.29, 1.82) is 0 Å². The van der Waals surface area contributed by atoms with Crippen LogP contribution >= 0.6 is 0 Å². The Labute approximate surface area is 108 Å². The molecule has 3 nitrogen and oxygen atoms in total. The molecule has 1 aliphatic rings. The Balaban J connectivity index is 2.06. The van der Waals surface area contributed by atoms with Crippen LogP contribution in [0.4, 0.5) is 0 Å². The Morgan fingerprint density at radius 3 is 2.61 bits per heavy atom. The number of carbonyl (C=O) groups excluding carboxylic acids is 1. The monoisotopic (exact) mass is 247 g/mol. The first-order chi connectivity index (χ1) is 8.31. The molecule has 0 heterocycles. The van der Waals surface area contributed by atoms with Gasteiger partial charge in [0.2, 0.25) is 0 Å². The number of nitrogens with zero attached hydrogens (tertiary/aromatic N) is 1. The van der Waals surface area contributed by atoms with Gasteiger partial charge in [0, 0.05) is 19.2 Å². The van der Waals surface area contributed by atoms with Crippen molar-refractivity contribution in [1.82, 2.24) is 4.90 Å². The van der Waals surface area contributed by atoms with E-state index in [0.29, 0.717) is 16.9 Å². The number of carbonyl (C=O) groups is 1. The van der Waals surface area contributed by atoms with Crippen LogP contribution in [0.5, 0.6) is 5.75 Å². The van der Waals surface area contributed by atoms with Gasteiger partial charge in [0.05, 0.1) is 0 Å². The van der Waals surface area contributed by atoms with E-state index in [9.17, 15) is 9.90 Å². The summed E-state index contributed by atoms with van der Waals surface area (Å²) >= 11 is 0. The van der Waals surface area contributed by atoms with Crippen molar-refractivity contribution in [2.75, 3.05) is 13.6 Å². The average Bonchev–Trinajstić information content (AvgIpc) is 2.85. The molecule has 0 radical (unpaired) electrons. The Bertz CT molecular complexity index is 479. The summed E-state index contributed by atoms with van der Waals surface area (Å²) in [7, 11) is 1.85. The quantitative estimate of drug-likeness (QED) is 0.892. The lowest BCUT2D eigenvalue weighted by molar-refractivity contribution is 0.0783. The van der Waals surface area contributed by atoms with Gasteiger partial charge in [0.25, 0.3) is 5.91 Å². The first-order valence-electron chi connectivity index (χ1n) is 6.36. The highest BCUT2D eigenvalue weighted by Gasteiger charge is 2.46. The number of hydrogen-bond donors (Lipinski definition) is 1. The molecule has 98 valence electrons. The summed E-state index contributed by atoms with van der Waals surface area (Å²) in [6.07, 6.45) is 1.19. The topological polar surface area (TPSA) is 40.5 Å². The summed E-state index contributed by atoms with van der Waals surface area (Å²) in [5.41, 5.74) is 1.88. The van der Waals surface area contributed by atoms with Crippen molar-refractivity contribution in [2.24, 2.45) is 11.3 Å². The number of benzene rings is 1. The van der Waals surface area contributed by atoms with Crippen LogP contribution < -0.4 is 0 Å². The maximum Gasteiger partial charge on any atom is 0.253 e. The number of rotatable bonds is 3. The number of aryl methyl sites for hydroxylation is 1. The molecule has 1 atom stereocenters. The predicted molar refractivity (Wildman–Crippen MR) is 71.7 cm³/mol. The summed E-state index contributed by atoms with van der Waals surface area (Å²) in [4.78, 5) is 14.1. The normalized spacial score (nSPS) is 20.6. The van der Waals surface area contributed by atoms with Crippen LogP contribution in [-0.2, 0) is 0 Å². The first kappa shape index (κ1) is 12.9. The minimum Gasteiger partial charge on any atom is -0.508 e. The fraction of sp³-hybridized carbons (Fsp3) is 0.533. The van der Waals surface area contributed by atoms with Gasteiger partial charge in [0.15, 0.2) is 0 Å². The van der Waals surface area contributed by atoms with Gasteiger partial charge in [-0.1, -0.05) is 13.8 Å². The minimum absolute atomic E-state index is 0.0372. The Hall–Kier alpha value is -1.51. The number of hydrogen-bond acceptors (Lipinski definition) is 2. The van der Waals surface area contributed by atoms with E-state index < -0.39 is 0 Å². The highest BCUT2D eigenvalue weighted by atomic mass is 16.3. The van der Waals surface area contributed by atoms with Gasteiger partial charge < -0.3 is 10.0 Å². The zero-order chi connectivity index (χ0) is 13.5. The van der Waals surface area contributed by atoms with Crippen LogP contribution in [0.1, 0.15) is 36.2 Å². The molecule has 18 heavy (non-hydrogen) atoms. The van der Waals surface area contributed by atoms with Gasteiger partial charge in [-0.3, -0.25) is 4.79 Å². The highest BCUT2D eigenvalue weighted by Crippen LogP contribution is 2.51. The molecule has 2 rings (SSSR count). The lowest BCUT2D eigenvalue weighted by Gasteiger charge is -2.19. The minimum atomic E-state index is 0.0372. The van der Waals surface area contributed by atoms with E-state index in [1.54, 1.807) is 23.1 Å². The molecule has 0 aliphatic heterocycles. The summed E-state index contributed by atoms with van der Waals surface area (Å²) in [6, 6.07) is 4.89. The van der Waals surface area contributed by atoms with Crippen molar-refractivity contribution in [3.05, 3.63) is 29.3 Å². The lowest BCUT2D eigenvalue weighted by Crippen LogP contribution is -2.30. The number of phenolic OH excluding ortho intramolecular Hbond substituents is 1. The van der Waals surface area contributed by atoms with Crippen molar-refractivity contribution < 1.29 is 9.90 Å². The van der Waals surface area contributed by atoms with Gasteiger partial charge in [-0.25, -0.2) is 0 Å². The number of aromatic hydroxyl groups is 1. The lowest BCUT2D eigenvalue weighted by atomic mass is 10.1. The third-order valence-corrected chi connectivity index (χ3v) is 4.00. The molecule has 0 saturated heterocycles. The largest absolute Gasteiger partial charge is 0.508 e. The molecule has 1 aromatic rings. The molecule has 0 aromatic heterocycles. The molecular weight excluding hydrogens is 226 g/mol. The number of amides is 1. The molecule has 0 bridgehead atoms. The van der Waals surface area contributed by atoms with Crippen LogP contribution in [0.3, 0.4) is 0 Å². The summed E-state index contributed by atoms with van der Waals surface area (Å²) in [6.45, 7) is 7.14. The van der Waals surface area contributed by atoms with Crippen LogP contribution in [0.2, 0.25) is 0 Å². The second kappa shape index (κ2) is 4.30. The SMILES string of the molecule is Cc1cc(O)ccc1C(=O)N(C)C[C@H]1CC1(C)C. The van der Waals surface area contributed by atoms with Crippen LogP contribution in [0.15, 0.2) is 18.2 Å². The molecule has 1 amide bonds. The molecule has 1 aliphatic carbocycles. The zero-order valence-electron chi connectivity index (χ0n) is 11.5. The van der Waals surface area contributed by atoms with E-state index in [-0.39, 0.29) is 11.7 Å². The van der Waals surface area contributed by atoms with Crippen LogP contribution in [-0.4, -0.2) is 29.5 Å². The predicted octanol–water partition coefficient (Wildman–Crippen LogP) is 2.82. The number of phenols is 1. The van der Waals surface area contributed by atoms with Crippen molar-refractivity contribution in [2.45, 2.75) is 27.2 Å². The summed E-state index contributed by atoms with van der Waals surface area (Å²) in [5.74, 6) is 0.856. The summed E-state index contributed by atoms with van der Waals surface area (Å²) in [5, 5.41) is 9.36. The smallest absolute Gasteiger partial charge is 0.253 e. The van der Waals surface area contributed by atoms with E-state index in [0.717, 1.165) is 12.1 Å². The van der Waals surface area contributed by atoms with Gasteiger partial charge in [-0.05, 0) is 48.4 Å². The van der Waals surface area contributed by atoms with Crippen molar-refractivity contribution in [3.63, 3.8) is 0 Å². The maximum atomic E-state index is 12.3. The fourth-order valence-electron chi connectivity index (χ4n) is 2.39. The molecule has 1 saturated carbocycles. The van der Waals surface area contributed by atoms with E-state index in [2.05, 4.69) is 13.8 Å². The molecular formula is C15H21NO2. The third kappa shape index (κ3) is 2.50. The van der Waals surface area contributed by atoms with Gasteiger partial charge in [-0.15, -0.1) is 0 Å². The molecule has 1 aromatic carbocycles. The standard InChI is InChI=1S/C15H21NO2/c1-10-7-12(17)5-6-13(10)14(18)16(4)9-11-8-15(11,2)3/h5-7,11,17H,8-9H2,1-4H3/t11-/m1/s1. The van der Waals surface area contributed by atoms with Gasteiger partial charge >= 0.3 is 0 Å². The Morgan fingerprint density at radius 1 is 1.50 bits per heavy atom. The second-order valence-corrected chi connectivity index (χ2v) is 6.07. The van der Waals surface area contributed by atoms with Crippen molar-refractivity contribution >= 4 is 5.91 Å². The average molecular weight is 247 g/mol. The molecule has 3 heteroatoms. The summed E-state index contributed by atoms with van der Waals surface area (Å²) < 4.78 is 0. The Morgan fingerprint density at radius 2 is 2.11 bits per heavy atom. The van der Waals surface area contributed by atoms with E-state index >= 15 is 0 Å². The molecule has 0 unspecified atom stereocenters. The zero-order valence-corrected chi connectivity index (χ0v) is 11.5. The fourth-order valence-corrected chi connectivity index (χ4v) is 2.39. The van der Waals surface area contributed by atoms with E-state index in [1.807, 2.05) is 14.0 Å². The van der Waals surface area contributed by atoms with E-state index in [1.165, 1.54) is 6.42 Å². The van der Waals surface area contributed by atoms with Gasteiger partial charge in [-0.2, -0.15) is 0 Å². The second-order valence-electron chi connectivity index (χ2n) is 6.07. The van der Waals surface area contributed by atoms with E-state index in [4.69, 9.17) is 0 Å². The molecule has 0 spiro atoms. The van der Waals surface area contributed by atoms with Gasteiger partial charge in [0.1, 0.15) is 5.75 Å². The van der Waals surface area contributed by atoms with Crippen molar-refractivity contribution in [3.8, 4) is 5.75 Å². The first-order valence-corrected chi connectivity index (χ1v) is 6.36. The maximum absolute atomic E-state index is 12.3. The van der Waals surface area contributed by atoms with Crippen LogP contribution in [0, 0.1) is 18.3 Å².